The minimum atomic E-state index is -0.206. The molecule has 1 aromatic rings. The summed E-state index contributed by atoms with van der Waals surface area (Å²) in [5, 5.41) is 11.6. The van der Waals surface area contributed by atoms with Crippen molar-refractivity contribution in [3.63, 3.8) is 0 Å². The second-order valence-electron chi connectivity index (χ2n) is 4.11. The van der Waals surface area contributed by atoms with Crippen molar-refractivity contribution in [2.45, 2.75) is 13.3 Å². The number of hydrogen-bond donors (Lipinski definition) is 2. The van der Waals surface area contributed by atoms with E-state index in [1.54, 1.807) is 17.8 Å². The van der Waals surface area contributed by atoms with Crippen molar-refractivity contribution in [2.75, 3.05) is 25.2 Å². The second-order valence-corrected chi connectivity index (χ2v) is 5.10. The fraction of sp³-hybridized carbons (Fsp3) is 0.400. The molecule has 0 aliphatic rings. The van der Waals surface area contributed by atoms with Crippen LogP contribution in [0.15, 0.2) is 18.2 Å². The van der Waals surface area contributed by atoms with Crippen LogP contribution in [0.1, 0.15) is 27.9 Å². The van der Waals surface area contributed by atoms with Crippen LogP contribution in [-0.2, 0) is 0 Å². The Hall–Kier alpha value is -1.44. The molecule has 0 saturated carbocycles. The number of aliphatic hydroxyl groups is 1. The van der Waals surface area contributed by atoms with Gasteiger partial charge >= 0.3 is 0 Å². The summed E-state index contributed by atoms with van der Waals surface area (Å²) in [6, 6.07) is 5.53. The van der Waals surface area contributed by atoms with E-state index in [1.807, 2.05) is 25.3 Å². The van der Waals surface area contributed by atoms with Gasteiger partial charge in [-0.2, -0.15) is 11.8 Å². The minimum absolute atomic E-state index is 0.108. The fourth-order valence-corrected chi connectivity index (χ4v) is 2.04. The molecule has 19 heavy (non-hydrogen) atoms. The van der Waals surface area contributed by atoms with Crippen LogP contribution in [0.2, 0.25) is 0 Å². The summed E-state index contributed by atoms with van der Waals surface area (Å²) in [5.41, 5.74) is 2.27. The zero-order valence-electron chi connectivity index (χ0n) is 11.3. The highest BCUT2D eigenvalue weighted by atomic mass is 32.2. The predicted molar refractivity (Wildman–Crippen MR) is 80.5 cm³/mol. The van der Waals surface area contributed by atoms with Gasteiger partial charge in [-0.25, -0.2) is 0 Å². The van der Waals surface area contributed by atoms with E-state index in [4.69, 9.17) is 5.11 Å². The molecule has 0 radical (unpaired) electrons. The molecule has 0 spiro atoms. The Morgan fingerprint density at radius 3 is 2.95 bits per heavy atom. The van der Waals surface area contributed by atoms with E-state index in [9.17, 15) is 4.79 Å². The molecule has 0 heterocycles. The molecule has 0 aliphatic heterocycles. The van der Waals surface area contributed by atoms with Crippen LogP contribution in [0.3, 0.4) is 0 Å². The smallest absolute Gasteiger partial charge is 0.252 e. The van der Waals surface area contributed by atoms with Crippen LogP contribution < -0.4 is 5.32 Å². The molecule has 0 atom stereocenters. The van der Waals surface area contributed by atoms with Crippen LogP contribution in [0, 0.1) is 18.8 Å². The molecule has 2 N–H and O–H groups in total. The lowest BCUT2D eigenvalue weighted by molar-refractivity contribution is 0.0953. The molecular formula is C15H19NO2S. The van der Waals surface area contributed by atoms with Crippen LogP contribution >= 0.6 is 11.8 Å². The van der Waals surface area contributed by atoms with E-state index in [2.05, 4.69) is 17.2 Å². The first-order valence-corrected chi connectivity index (χ1v) is 7.56. The Labute approximate surface area is 118 Å². The van der Waals surface area contributed by atoms with E-state index in [0.29, 0.717) is 17.7 Å². The van der Waals surface area contributed by atoms with Gasteiger partial charge in [0.05, 0.1) is 5.56 Å². The summed E-state index contributed by atoms with van der Waals surface area (Å²) in [4.78, 5) is 12.1. The number of benzene rings is 1. The lowest BCUT2D eigenvalue weighted by Crippen LogP contribution is -2.25. The lowest BCUT2D eigenvalue weighted by Gasteiger charge is -2.07. The molecule has 0 aromatic heterocycles. The highest BCUT2D eigenvalue weighted by molar-refractivity contribution is 7.98. The summed E-state index contributed by atoms with van der Waals surface area (Å²) in [5.74, 6) is 6.33. The van der Waals surface area contributed by atoms with Crippen molar-refractivity contribution in [3.8, 4) is 11.8 Å². The molecule has 4 heteroatoms. The van der Waals surface area contributed by atoms with E-state index in [0.717, 1.165) is 17.7 Å². The number of aliphatic hydroxyl groups excluding tert-OH is 1. The number of hydrogen-bond acceptors (Lipinski definition) is 3. The normalized spacial score (nSPS) is 9.63. The van der Waals surface area contributed by atoms with Gasteiger partial charge in [0, 0.05) is 12.1 Å². The van der Waals surface area contributed by atoms with Gasteiger partial charge < -0.3 is 10.4 Å². The van der Waals surface area contributed by atoms with Crippen LogP contribution in [-0.4, -0.2) is 36.2 Å². The van der Waals surface area contributed by atoms with E-state index >= 15 is 0 Å². The number of carbonyl (C=O) groups is 1. The van der Waals surface area contributed by atoms with Crippen molar-refractivity contribution in [1.82, 2.24) is 5.32 Å². The van der Waals surface area contributed by atoms with Gasteiger partial charge in [-0.15, -0.1) is 0 Å². The van der Waals surface area contributed by atoms with Crippen LogP contribution in [0.4, 0.5) is 0 Å². The first-order valence-electron chi connectivity index (χ1n) is 6.16. The third-order valence-corrected chi connectivity index (χ3v) is 3.23. The van der Waals surface area contributed by atoms with Gasteiger partial charge in [0.25, 0.3) is 5.91 Å². The van der Waals surface area contributed by atoms with Crippen LogP contribution in [0.5, 0.6) is 0 Å². The van der Waals surface area contributed by atoms with Crippen LogP contribution in [0.25, 0.3) is 0 Å². The van der Waals surface area contributed by atoms with Gasteiger partial charge in [0.15, 0.2) is 0 Å². The van der Waals surface area contributed by atoms with Gasteiger partial charge in [0.1, 0.15) is 6.61 Å². The van der Waals surface area contributed by atoms with Gasteiger partial charge in [-0.3, -0.25) is 4.79 Å². The second kappa shape index (κ2) is 8.63. The Bertz CT molecular complexity index is 489. The number of thioether (sulfide) groups is 1. The molecular weight excluding hydrogens is 258 g/mol. The average Bonchev–Trinajstić information content (AvgIpc) is 2.41. The van der Waals surface area contributed by atoms with Crippen molar-refractivity contribution in [2.24, 2.45) is 0 Å². The molecule has 0 unspecified atom stereocenters. The number of rotatable bonds is 5. The minimum Gasteiger partial charge on any atom is -0.384 e. The molecule has 3 nitrogen and oxygen atoms in total. The van der Waals surface area contributed by atoms with Crippen molar-refractivity contribution < 1.29 is 9.90 Å². The molecule has 0 bridgehead atoms. The fourth-order valence-electron chi connectivity index (χ4n) is 1.61. The zero-order valence-corrected chi connectivity index (χ0v) is 12.1. The van der Waals surface area contributed by atoms with Gasteiger partial charge in [-0.05, 0) is 43.0 Å². The number of amides is 1. The number of aryl methyl sites for hydroxylation is 1. The molecule has 0 fully saturated rings. The maximum atomic E-state index is 12.1. The molecule has 102 valence electrons. The molecule has 1 aromatic carbocycles. The Kier molecular flexibility index (Phi) is 7.09. The largest absolute Gasteiger partial charge is 0.384 e. The molecule has 1 amide bonds. The number of carbonyl (C=O) groups excluding carboxylic acids is 1. The standard InChI is InChI=1S/C15H19NO2S/c1-12-6-7-14(13(11-12)5-3-9-17)15(18)16-8-4-10-19-2/h6-7,11,17H,4,8-10H2,1-2H3,(H,16,18). The summed E-state index contributed by atoms with van der Waals surface area (Å²) < 4.78 is 0. The van der Waals surface area contributed by atoms with Crippen molar-refractivity contribution in [1.29, 1.82) is 0 Å². The van der Waals surface area contributed by atoms with Gasteiger partial charge in [-0.1, -0.05) is 17.9 Å². The highest BCUT2D eigenvalue weighted by Crippen LogP contribution is 2.10. The predicted octanol–water partition coefficient (Wildman–Crippen LogP) is 1.82. The van der Waals surface area contributed by atoms with E-state index < -0.39 is 0 Å². The summed E-state index contributed by atoms with van der Waals surface area (Å²) in [6.07, 6.45) is 3.00. The number of nitrogens with one attached hydrogen (secondary N) is 1. The quantitative estimate of drug-likeness (QED) is 0.637. The zero-order chi connectivity index (χ0) is 14.1. The topological polar surface area (TPSA) is 49.3 Å². The van der Waals surface area contributed by atoms with Crippen molar-refractivity contribution >= 4 is 17.7 Å². The highest BCUT2D eigenvalue weighted by Gasteiger charge is 2.09. The Morgan fingerprint density at radius 2 is 2.26 bits per heavy atom. The monoisotopic (exact) mass is 277 g/mol. The third kappa shape index (κ3) is 5.37. The lowest BCUT2D eigenvalue weighted by atomic mass is 10.0. The SMILES string of the molecule is CSCCCNC(=O)c1ccc(C)cc1C#CCO. The molecule has 0 saturated heterocycles. The van der Waals surface area contributed by atoms with Crippen molar-refractivity contribution in [3.05, 3.63) is 34.9 Å². The average molecular weight is 277 g/mol. The first kappa shape index (κ1) is 15.6. The summed E-state index contributed by atoms with van der Waals surface area (Å²) in [6.45, 7) is 2.41. The Balaban J connectivity index is 2.78. The maximum Gasteiger partial charge on any atom is 0.252 e. The third-order valence-electron chi connectivity index (χ3n) is 2.53. The summed E-state index contributed by atoms with van der Waals surface area (Å²) >= 11 is 1.76. The first-order chi connectivity index (χ1) is 9.19. The van der Waals surface area contributed by atoms with E-state index in [-0.39, 0.29) is 12.5 Å². The van der Waals surface area contributed by atoms with Gasteiger partial charge in [0.2, 0.25) is 0 Å². The molecule has 1 rings (SSSR count). The maximum absolute atomic E-state index is 12.1. The summed E-state index contributed by atoms with van der Waals surface area (Å²) in [7, 11) is 0. The molecule has 0 aliphatic carbocycles. The van der Waals surface area contributed by atoms with E-state index in [1.165, 1.54) is 0 Å². The Morgan fingerprint density at radius 1 is 1.47 bits per heavy atom.